The Kier molecular flexibility index (Phi) is 3.50. The molecule has 78 valence electrons. The van der Waals surface area contributed by atoms with Crippen LogP contribution in [0.5, 0.6) is 0 Å². The minimum Gasteiger partial charge on any atom is -0.365 e. The molecule has 0 aromatic carbocycles. The third-order valence-electron chi connectivity index (χ3n) is 2.09. The number of amides is 1. The van der Waals surface area contributed by atoms with Crippen LogP contribution in [0.3, 0.4) is 0 Å². The standard InChI is InChI=1S/C9H15N3O2/c1-2-3-4-5-12-9(14)7(6-11-12)8(10)13/h6,11H,2-5H2,1H3,(H2,10,13). The van der Waals surface area contributed by atoms with Crippen molar-refractivity contribution >= 4 is 5.91 Å². The lowest BCUT2D eigenvalue weighted by atomic mass is 10.2. The van der Waals surface area contributed by atoms with Gasteiger partial charge in [-0.3, -0.25) is 14.3 Å². The van der Waals surface area contributed by atoms with Crippen molar-refractivity contribution in [3.05, 3.63) is 22.1 Å². The number of aryl methyl sites for hydroxylation is 1. The Balaban J connectivity index is 2.70. The highest BCUT2D eigenvalue weighted by molar-refractivity contribution is 5.92. The lowest BCUT2D eigenvalue weighted by Gasteiger charge is -1.98. The number of aromatic amines is 1. The molecule has 14 heavy (non-hydrogen) atoms. The summed E-state index contributed by atoms with van der Waals surface area (Å²) in [4.78, 5) is 22.2. The molecule has 0 radical (unpaired) electrons. The van der Waals surface area contributed by atoms with Gasteiger partial charge >= 0.3 is 0 Å². The zero-order chi connectivity index (χ0) is 10.6. The van der Waals surface area contributed by atoms with Gasteiger partial charge in [0.25, 0.3) is 11.5 Å². The fourth-order valence-corrected chi connectivity index (χ4v) is 1.27. The lowest BCUT2D eigenvalue weighted by molar-refractivity contribution is 0.0999. The lowest BCUT2D eigenvalue weighted by Crippen LogP contribution is -2.25. The van der Waals surface area contributed by atoms with Crippen molar-refractivity contribution in [1.29, 1.82) is 0 Å². The van der Waals surface area contributed by atoms with Gasteiger partial charge in [-0.1, -0.05) is 19.8 Å². The van der Waals surface area contributed by atoms with E-state index in [1.165, 1.54) is 10.9 Å². The molecule has 3 N–H and O–H groups in total. The molecule has 0 bridgehead atoms. The first kappa shape index (κ1) is 10.6. The zero-order valence-corrected chi connectivity index (χ0v) is 8.25. The number of nitrogens with zero attached hydrogens (tertiary/aromatic N) is 1. The predicted octanol–water partition coefficient (Wildman–Crippen LogP) is 0.466. The molecule has 1 rings (SSSR count). The number of H-pyrrole nitrogens is 1. The van der Waals surface area contributed by atoms with Gasteiger partial charge in [0.1, 0.15) is 5.56 Å². The van der Waals surface area contributed by atoms with Crippen molar-refractivity contribution in [2.75, 3.05) is 0 Å². The van der Waals surface area contributed by atoms with Gasteiger partial charge in [0.2, 0.25) is 0 Å². The number of carbonyl (C=O) groups is 1. The van der Waals surface area contributed by atoms with Crippen LogP contribution in [0.15, 0.2) is 11.0 Å². The average Bonchev–Trinajstić information content (AvgIpc) is 2.48. The zero-order valence-electron chi connectivity index (χ0n) is 8.25. The van der Waals surface area contributed by atoms with Crippen molar-refractivity contribution in [1.82, 2.24) is 9.78 Å². The monoisotopic (exact) mass is 197 g/mol. The number of unbranched alkanes of at least 4 members (excludes halogenated alkanes) is 2. The van der Waals surface area contributed by atoms with Crippen LogP contribution >= 0.6 is 0 Å². The molecule has 5 heteroatoms. The first-order chi connectivity index (χ1) is 6.66. The maximum Gasteiger partial charge on any atom is 0.279 e. The summed E-state index contributed by atoms with van der Waals surface area (Å²) in [6.07, 6.45) is 4.45. The van der Waals surface area contributed by atoms with Crippen molar-refractivity contribution in [3.8, 4) is 0 Å². The van der Waals surface area contributed by atoms with Crippen LogP contribution < -0.4 is 11.3 Å². The molecule has 0 unspecified atom stereocenters. The molecule has 5 nitrogen and oxygen atoms in total. The molecule has 0 spiro atoms. The van der Waals surface area contributed by atoms with Gasteiger partial charge in [-0.05, 0) is 6.42 Å². The second kappa shape index (κ2) is 4.64. The average molecular weight is 197 g/mol. The van der Waals surface area contributed by atoms with Crippen LogP contribution in [0.1, 0.15) is 36.5 Å². The van der Waals surface area contributed by atoms with Gasteiger partial charge in [0.05, 0.1) is 0 Å². The second-order valence-electron chi connectivity index (χ2n) is 3.22. The Morgan fingerprint density at radius 1 is 1.57 bits per heavy atom. The van der Waals surface area contributed by atoms with Crippen molar-refractivity contribution in [2.24, 2.45) is 5.73 Å². The maximum absolute atomic E-state index is 11.4. The second-order valence-corrected chi connectivity index (χ2v) is 3.22. The third-order valence-corrected chi connectivity index (χ3v) is 2.09. The van der Waals surface area contributed by atoms with Crippen molar-refractivity contribution in [2.45, 2.75) is 32.7 Å². The largest absolute Gasteiger partial charge is 0.365 e. The highest BCUT2D eigenvalue weighted by Gasteiger charge is 2.09. The number of nitrogens with two attached hydrogens (primary N) is 1. The van der Waals surface area contributed by atoms with Gasteiger partial charge in [-0.2, -0.15) is 0 Å². The van der Waals surface area contributed by atoms with Crippen LogP contribution in [-0.4, -0.2) is 15.7 Å². The first-order valence-electron chi connectivity index (χ1n) is 4.74. The van der Waals surface area contributed by atoms with Crippen molar-refractivity contribution < 1.29 is 4.79 Å². The first-order valence-corrected chi connectivity index (χ1v) is 4.74. The van der Waals surface area contributed by atoms with E-state index in [0.29, 0.717) is 6.54 Å². The van der Waals surface area contributed by atoms with Gasteiger partial charge in [-0.15, -0.1) is 0 Å². The Bertz CT molecular complexity index is 364. The molecule has 0 atom stereocenters. The minimum atomic E-state index is -0.680. The van der Waals surface area contributed by atoms with Crippen LogP contribution in [0.2, 0.25) is 0 Å². The molecule has 0 aliphatic carbocycles. The number of aromatic nitrogens is 2. The molecule has 0 saturated carbocycles. The Morgan fingerprint density at radius 2 is 2.29 bits per heavy atom. The number of primary amides is 1. The molecule has 0 saturated heterocycles. The van der Waals surface area contributed by atoms with Gasteiger partial charge in [-0.25, -0.2) is 0 Å². The molecule has 0 aliphatic heterocycles. The van der Waals surface area contributed by atoms with E-state index < -0.39 is 5.91 Å². The molecule has 0 aliphatic rings. The Morgan fingerprint density at radius 3 is 2.79 bits per heavy atom. The normalized spacial score (nSPS) is 10.4. The summed E-state index contributed by atoms with van der Waals surface area (Å²) in [6, 6.07) is 0. The fraction of sp³-hybridized carbons (Fsp3) is 0.556. The van der Waals surface area contributed by atoms with Gasteiger partial charge in [0, 0.05) is 12.7 Å². The van der Waals surface area contributed by atoms with E-state index in [-0.39, 0.29) is 11.1 Å². The highest BCUT2D eigenvalue weighted by Crippen LogP contribution is 1.96. The van der Waals surface area contributed by atoms with Crippen LogP contribution in [-0.2, 0) is 6.54 Å². The highest BCUT2D eigenvalue weighted by atomic mass is 16.2. The Labute approximate surface area is 81.9 Å². The molecule has 1 aromatic rings. The molecule has 0 fully saturated rings. The van der Waals surface area contributed by atoms with Crippen LogP contribution in [0.25, 0.3) is 0 Å². The minimum absolute atomic E-state index is 0.0292. The number of rotatable bonds is 5. The van der Waals surface area contributed by atoms with E-state index in [9.17, 15) is 9.59 Å². The summed E-state index contributed by atoms with van der Waals surface area (Å²) >= 11 is 0. The van der Waals surface area contributed by atoms with E-state index in [1.54, 1.807) is 0 Å². The summed E-state index contributed by atoms with van der Waals surface area (Å²) in [6.45, 7) is 2.70. The van der Waals surface area contributed by atoms with E-state index in [4.69, 9.17) is 5.73 Å². The summed E-state index contributed by atoms with van der Waals surface area (Å²) in [7, 11) is 0. The van der Waals surface area contributed by atoms with Crippen LogP contribution in [0, 0.1) is 0 Å². The molecular formula is C9H15N3O2. The summed E-state index contributed by atoms with van der Waals surface area (Å²) < 4.78 is 1.41. The van der Waals surface area contributed by atoms with Gasteiger partial charge in [0.15, 0.2) is 0 Å². The van der Waals surface area contributed by atoms with Crippen LogP contribution in [0.4, 0.5) is 0 Å². The number of hydrogen-bond acceptors (Lipinski definition) is 2. The summed E-state index contributed by atoms with van der Waals surface area (Å²) in [5.74, 6) is -0.680. The third kappa shape index (κ3) is 2.25. The topological polar surface area (TPSA) is 80.9 Å². The quantitative estimate of drug-likeness (QED) is 0.672. The van der Waals surface area contributed by atoms with E-state index >= 15 is 0 Å². The maximum atomic E-state index is 11.4. The summed E-state index contributed by atoms with van der Waals surface area (Å²) in [5.41, 5.74) is 4.71. The number of nitrogens with one attached hydrogen (secondary N) is 1. The Hall–Kier alpha value is -1.52. The summed E-state index contributed by atoms with van der Waals surface area (Å²) in [5, 5.41) is 2.72. The van der Waals surface area contributed by atoms with Crippen molar-refractivity contribution in [3.63, 3.8) is 0 Å². The fourth-order valence-electron chi connectivity index (χ4n) is 1.27. The molecule has 1 aromatic heterocycles. The molecule has 1 heterocycles. The molecule has 1 amide bonds. The van der Waals surface area contributed by atoms with E-state index in [0.717, 1.165) is 19.3 Å². The van der Waals surface area contributed by atoms with E-state index in [1.807, 2.05) is 0 Å². The molecular weight excluding hydrogens is 182 g/mol. The predicted molar refractivity (Wildman–Crippen MR) is 53.1 cm³/mol. The van der Waals surface area contributed by atoms with E-state index in [2.05, 4.69) is 12.0 Å². The number of carbonyl (C=O) groups excluding carboxylic acids is 1. The smallest absolute Gasteiger partial charge is 0.279 e. The number of hydrogen-bond donors (Lipinski definition) is 2. The van der Waals surface area contributed by atoms with Gasteiger partial charge < -0.3 is 10.8 Å². The SMILES string of the molecule is CCCCCn1[nH]cc(C(N)=O)c1=O.